The summed E-state index contributed by atoms with van der Waals surface area (Å²) in [6.45, 7) is 2.96. The van der Waals surface area contributed by atoms with Gasteiger partial charge >= 0.3 is 0 Å². The van der Waals surface area contributed by atoms with E-state index >= 15 is 0 Å². The number of aryl methyl sites for hydroxylation is 1. The predicted molar refractivity (Wildman–Crippen MR) is 81.1 cm³/mol. The van der Waals surface area contributed by atoms with Crippen molar-refractivity contribution in [1.29, 1.82) is 0 Å². The summed E-state index contributed by atoms with van der Waals surface area (Å²) in [4.78, 5) is 11.0. The molecule has 0 atom stereocenters. The molecule has 1 aliphatic carbocycles. The van der Waals surface area contributed by atoms with Gasteiger partial charge < -0.3 is 10.2 Å². The fraction of sp³-hybridized carbons (Fsp3) is 0.375. The SMILES string of the molecule is Cc1ccccc1N(C)c1ncc(CNC2CC2)cn1. The van der Waals surface area contributed by atoms with E-state index in [1.54, 1.807) is 0 Å². The summed E-state index contributed by atoms with van der Waals surface area (Å²) in [5, 5.41) is 3.47. The first kappa shape index (κ1) is 13.1. The minimum absolute atomic E-state index is 0.712. The van der Waals surface area contributed by atoms with Crippen LogP contribution in [0, 0.1) is 6.92 Å². The van der Waals surface area contributed by atoms with E-state index in [-0.39, 0.29) is 0 Å². The van der Waals surface area contributed by atoms with Gasteiger partial charge in [-0.1, -0.05) is 18.2 Å². The molecule has 2 aromatic rings. The molecule has 1 aliphatic rings. The lowest BCUT2D eigenvalue weighted by atomic mass is 10.2. The number of anilines is 2. The summed E-state index contributed by atoms with van der Waals surface area (Å²) in [6, 6.07) is 8.97. The van der Waals surface area contributed by atoms with Gasteiger partial charge in [-0.2, -0.15) is 0 Å². The van der Waals surface area contributed by atoms with Crippen LogP contribution in [0.5, 0.6) is 0 Å². The second kappa shape index (κ2) is 5.59. The van der Waals surface area contributed by atoms with Gasteiger partial charge in [0, 0.05) is 43.3 Å². The van der Waals surface area contributed by atoms with Gasteiger partial charge in [-0.25, -0.2) is 9.97 Å². The highest BCUT2D eigenvalue weighted by molar-refractivity contribution is 5.60. The number of rotatable bonds is 5. The summed E-state index contributed by atoms with van der Waals surface area (Å²) >= 11 is 0. The maximum atomic E-state index is 4.47. The number of benzene rings is 1. The van der Waals surface area contributed by atoms with Gasteiger partial charge in [-0.15, -0.1) is 0 Å². The molecule has 104 valence electrons. The summed E-state index contributed by atoms with van der Waals surface area (Å²) in [5.41, 5.74) is 3.49. The van der Waals surface area contributed by atoms with Gasteiger partial charge in [-0.3, -0.25) is 0 Å². The van der Waals surface area contributed by atoms with Crippen molar-refractivity contribution >= 4 is 11.6 Å². The van der Waals surface area contributed by atoms with E-state index in [1.807, 2.05) is 36.5 Å². The van der Waals surface area contributed by atoms with Crippen LogP contribution in [-0.2, 0) is 6.54 Å². The van der Waals surface area contributed by atoms with Crippen LogP contribution in [0.15, 0.2) is 36.7 Å². The van der Waals surface area contributed by atoms with Crippen molar-refractivity contribution in [3.8, 4) is 0 Å². The lowest BCUT2D eigenvalue weighted by Crippen LogP contribution is -2.17. The van der Waals surface area contributed by atoms with Gasteiger partial charge in [0.05, 0.1) is 0 Å². The van der Waals surface area contributed by atoms with E-state index in [4.69, 9.17) is 0 Å². The first-order valence-corrected chi connectivity index (χ1v) is 7.08. The van der Waals surface area contributed by atoms with E-state index in [0.29, 0.717) is 6.04 Å². The molecule has 3 rings (SSSR count). The van der Waals surface area contributed by atoms with Crippen molar-refractivity contribution in [1.82, 2.24) is 15.3 Å². The largest absolute Gasteiger partial charge is 0.313 e. The Hall–Kier alpha value is -1.94. The second-order valence-electron chi connectivity index (χ2n) is 5.39. The van der Waals surface area contributed by atoms with Crippen LogP contribution in [0.1, 0.15) is 24.0 Å². The Morgan fingerprint density at radius 1 is 1.20 bits per heavy atom. The van der Waals surface area contributed by atoms with Crippen LogP contribution >= 0.6 is 0 Å². The van der Waals surface area contributed by atoms with Gasteiger partial charge in [0.25, 0.3) is 0 Å². The molecule has 4 nitrogen and oxygen atoms in total. The molecule has 1 saturated carbocycles. The zero-order valence-electron chi connectivity index (χ0n) is 12.0. The van der Waals surface area contributed by atoms with Gasteiger partial charge in [-0.05, 0) is 31.4 Å². The van der Waals surface area contributed by atoms with Crippen LogP contribution in [0.2, 0.25) is 0 Å². The van der Waals surface area contributed by atoms with Crippen LogP contribution in [0.25, 0.3) is 0 Å². The Morgan fingerprint density at radius 2 is 1.90 bits per heavy atom. The number of para-hydroxylation sites is 1. The molecule has 0 amide bonds. The zero-order valence-corrected chi connectivity index (χ0v) is 12.0. The Kier molecular flexibility index (Phi) is 3.65. The normalized spacial score (nSPS) is 14.3. The Bertz CT molecular complexity index is 575. The molecular weight excluding hydrogens is 248 g/mol. The fourth-order valence-electron chi connectivity index (χ4n) is 2.21. The van der Waals surface area contributed by atoms with E-state index in [2.05, 4.69) is 34.3 Å². The van der Waals surface area contributed by atoms with Crippen molar-refractivity contribution < 1.29 is 0 Å². The molecule has 1 fully saturated rings. The summed E-state index contributed by atoms with van der Waals surface area (Å²) < 4.78 is 0. The van der Waals surface area contributed by atoms with Crippen molar-refractivity contribution in [3.63, 3.8) is 0 Å². The minimum Gasteiger partial charge on any atom is -0.313 e. The summed E-state index contributed by atoms with van der Waals surface area (Å²) in [5.74, 6) is 0.731. The molecule has 4 heteroatoms. The third kappa shape index (κ3) is 2.96. The lowest BCUT2D eigenvalue weighted by Gasteiger charge is -2.19. The third-order valence-corrected chi connectivity index (χ3v) is 3.64. The smallest absolute Gasteiger partial charge is 0.229 e. The molecule has 1 N–H and O–H groups in total. The molecule has 0 radical (unpaired) electrons. The highest BCUT2D eigenvalue weighted by Gasteiger charge is 2.20. The van der Waals surface area contributed by atoms with Crippen molar-refractivity contribution in [3.05, 3.63) is 47.8 Å². The number of nitrogens with one attached hydrogen (secondary N) is 1. The highest BCUT2D eigenvalue weighted by atomic mass is 15.2. The monoisotopic (exact) mass is 268 g/mol. The van der Waals surface area contributed by atoms with Gasteiger partial charge in [0.1, 0.15) is 0 Å². The highest BCUT2D eigenvalue weighted by Crippen LogP contribution is 2.23. The minimum atomic E-state index is 0.712. The van der Waals surface area contributed by atoms with E-state index < -0.39 is 0 Å². The average Bonchev–Trinajstić information content (AvgIpc) is 3.30. The van der Waals surface area contributed by atoms with E-state index in [1.165, 1.54) is 18.4 Å². The Balaban J connectivity index is 1.71. The second-order valence-corrected chi connectivity index (χ2v) is 5.39. The van der Waals surface area contributed by atoms with Crippen molar-refractivity contribution in [2.45, 2.75) is 32.4 Å². The van der Waals surface area contributed by atoms with Crippen LogP contribution in [-0.4, -0.2) is 23.1 Å². The Morgan fingerprint density at radius 3 is 2.55 bits per heavy atom. The molecule has 0 bridgehead atoms. The van der Waals surface area contributed by atoms with Crippen molar-refractivity contribution in [2.75, 3.05) is 11.9 Å². The number of hydrogen-bond acceptors (Lipinski definition) is 4. The first-order chi connectivity index (χ1) is 9.74. The molecular formula is C16H20N4. The molecule has 20 heavy (non-hydrogen) atoms. The molecule has 1 heterocycles. The van der Waals surface area contributed by atoms with E-state index in [9.17, 15) is 0 Å². The topological polar surface area (TPSA) is 41.1 Å². The Labute approximate surface area is 119 Å². The van der Waals surface area contributed by atoms with Gasteiger partial charge in [0.15, 0.2) is 0 Å². The third-order valence-electron chi connectivity index (χ3n) is 3.64. The maximum absolute atomic E-state index is 4.47. The van der Waals surface area contributed by atoms with Gasteiger partial charge in [0.2, 0.25) is 5.95 Å². The molecule has 0 spiro atoms. The molecule has 0 unspecified atom stereocenters. The standard InChI is InChI=1S/C16H20N4/c1-12-5-3-4-6-15(12)20(2)16-18-10-13(11-19-16)9-17-14-7-8-14/h3-6,10-11,14,17H,7-9H2,1-2H3. The van der Waals surface area contributed by atoms with Crippen LogP contribution in [0.4, 0.5) is 11.6 Å². The maximum Gasteiger partial charge on any atom is 0.229 e. The molecule has 0 saturated heterocycles. The first-order valence-electron chi connectivity index (χ1n) is 7.08. The summed E-state index contributed by atoms with van der Waals surface area (Å²) in [7, 11) is 2.00. The number of hydrogen-bond donors (Lipinski definition) is 1. The molecule has 1 aromatic carbocycles. The number of nitrogens with zero attached hydrogens (tertiary/aromatic N) is 3. The number of aromatic nitrogens is 2. The fourth-order valence-corrected chi connectivity index (χ4v) is 2.21. The average molecular weight is 268 g/mol. The summed E-state index contributed by atoms with van der Waals surface area (Å²) in [6.07, 6.45) is 6.42. The van der Waals surface area contributed by atoms with Crippen LogP contribution in [0.3, 0.4) is 0 Å². The quantitative estimate of drug-likeness (QED) is 0.905. The molecule has 1 aromatic heterocycles. The molecule has 0 aliphatic heterocycles. The lowest BCUT2D eigenvalue weighted by molar-refractivity contribution is 0.683. The zero-order chi connectivity index (χ0) is 13.9. The van der Waals surface area contributed by atoms with E-state index in [0.717, 1.165) is 23.7 Å². The van der Waals surface area contributed by atoms with Crippen LogP contribution < -0.4 is 10.2 Å². The predicted octanol–water partition coefficient (Wildman–Crippen LogP) is 2.80. The van der Waals surface area contributed by atoms with Crippen molar-refractivity contribution in [2.24, 2.45) is 0 Å².